The fourth-order valence-electron chi connectivity index (χ4n) is 3.54. The zero-order valence-corrected chi connectivity index (χ0v) is 16.2. The van der Waals surface area contributed by atoms with Crippen molar-refractivity contribution in [2.75, 3.05) is 6.54 Å². The van der Waals surface area contributed by atoms with E-state index in [4.69, 9.17) is 0 Å². The average molecular weight is 402 g/mol. The third-order valence-corrected chi connectivity index (χ3v) is 4.98. The molecule has 0 saturated carbocycles. The zero-order valence-electron chi connectivity index (χ0n) is 16.2. The predicted molar refractivity (Wildman–Crippen MR) is 104 cm³/mol. The molecular formula is C22H24F2N2O3. The van der Waals surface area contributed by atoms with E-state index in [1.54, 1.807) is 24.0 Å². The van der Waals surface area contributed by atoms with Gasteiger partial charge in [0.2, 0.25) is 11.8 Å². The van der Waals surface area contributed by atoms with Crippen LogP contribution in [0.3, 0.4) is 0 Å². The second kappa shape index (κ2) is 9.49. The lowest BCUT2D eigenvalue weighted by atomic mass is 9.99. The number of carbonyl (C=O) groups is 2. The van der Waals surface area contributed by atoms with Crippen molar-refractivity contribution in [1.82, 2.24) is 10.2 Å². The van der Waals surface area contributed by atoms with Crippen molar-refractivity contribution in [1.29, 1.82) is 0 Å². The average Bonchev–Trinajstić information content (AvgIpc) is 2.70. The van der Waals surface area contributed by atoms with Crippen LogP contribution in [0.2, 0.25) is 0 Å². The molecule has 0 radical (unpaired) electrons. The Morgan fingerprint density at radius 3 is 2.48 bits per heavy atom. The van der Waals surface area contributed by atoms with Crippen molar-refractivity contribution in [2.45, 2.75) is 44.9 Å². The van der Waals surface area contributed by atoms with E-state index in [-0.39, 0.29) is 17.6 Å². The Morgan fingerprint density at radius 1 is 1.07 bits per heavy atom. The lowest BCUT2D eigenvalue weighted by Crippen LogP contribution is -2.46. The molecule has 2 aromatic rings. The number of amides is 2. The van der Waals surface area contributed by atoms with Crippen LogP contribution in [0.4, 0.5) is 8.78 Å². The van der Waals surface area contributed by atoms with Gasteiger partial charge in [-0.2, -0.15) is 8.78 Å². The number of benzene rings is 2. The number of rotatable bonds is 7. The third-order valence-electron chi connectivity index (χ3n) is 4.98. The minimum Gasteiger partial charge on any atom is -0.435 e. The van der Waals surface area contributed by atoms with Gasteiger partial charge in [0.15, 0.2) is 0 Å². The molecule has 0 bridgehead atoms. The molecule has 0 aromatic heterocycles. The second-order valence-electron chi connectivity index (χ2n) is 7.04. The highest BCUT2D eigenvalue weighted by atomic mass is 19.3. The number of ether oxygens (including phenoxy) is 1. The van der Waals surface area contributed by atoms with Crippen LogP contribution in [0.5, 0.6) is 5.75 Å². The van der Waals surface area contributed by atoms with E-state index in [1.807, 2.05) is 30.3 Å². The molecule has 7 heteroatoms. The number of halogens is 2. The summed E-state index contributed by atoms with van der Waals surface area (Å²) in [7, 11) is 0. The van der Waals surface area contributed by atoms with Crippen LogP contribution in [0.25, 0.3) is 0 Å². The van der Waals surface area contributed by atoms with E-state index in [0.717, 1.165) is 18.4 Å². The van der Waals surface area contributed by atoms with E-state index in [2.05, 4.69) is 10.1 Å². The summed E-state index contributed by atoms with van der Waals surface area (Å²) < 4.78 is 29.4. The van der Waals surface area contributed by atoms with E-state index < -0.39 is 18.7 Å². The number of likely N-dealkylation sites (tertiary alicyclic amines) is 1. The number of hydrogen-bond donors (Lipinski definition) is 1. The van der Waals surface area contributed by atoms with Gasteiger partial charge in [-0.05, 0) is 43.0 Å². The van der Waals surface area contributed by atoms with E-state index in [1.165, 1.54) is 12.1 Å². The maximum Gasteiger partial charge on any atom is 0.387 e. The molecule has 1 N–H and O–H groups in total. The lowest BCUT2D eigenvalue weighted by Gasteiger charge is -2.34. The molecule has 3 rings (SSSR count). The van der Waals surface area contributed by atoms with Gasteiger partial charge >= 0.3 is 6.61 Å². The molecule has 1 saturated heterocycles. The smallest absolute Gasteiger partial charge is 0.387 e. The summed E-state index contributed by atoms with van der Waals surface area (Å²) in [5, 5.41) is 2.92. The summed E-state index contributed by atoms with van der Waals surface area (Å²) in [6.07, 6.45) is 2.11. The molecule has 29 heavy (non-hydrogen) atoms. The predicted octanol–water partition coefficient (Wildman–Crippen LogP) is 4.22. The molecule has 2 unspecified atom stereocenters. The normalized spacial score (nSPS) is 16.4. The lowest BCUT2D eigenvalue weighted by molar-refractivity contribution is -0.143. The number of piperidine rings is 1. The Morgan fingerprint density at radius 2 is 1.79 bits per heavy atom. The molecule has 1 aliphatic rings. The molecule has 0 spiro atoms. The summed E-state index contributed by atoms with van der Waals surface area (Å²) >= 11 is 0. The van der Waals surface area contributed by atoms with Crippen LogP contribution < -0.4 is 10.1 Å². The molecule has 2 atom stereocenters. The summed E-state index contributed by atoms with van der Waals surface area (Å²) in [4.78, 5) is 27.3. The van der Waals surface area contributed by atoms with E-state index in [0.29, 0.717) is 18.5 Å². The summed E-state index contributed by atoms with van der Waals surface area (Å²) in [5.74, 6) is -0.316. The van der Waals surface area contributed by atoms with Gasteiger partial charge < -0.3 is 15.0 Å². The van der Waals surface area contributed by atoms with Gasteiger partial charge in [0.1, 0.15) is 11.8 Å². The summed E-state index contributed by atoms with van der Waals surface area (Å²) in [6, 6.07) is 14.2. The Hall–Kier alpha value is -2.96. The Kier molecular flexibility index (Phi) is 6.80. The Balaban J connectivity index is 1.80. The number of hydrogen-bond acceptors (Lipinski definition) is 3. The van der Waals surface area contributed by atoms with Crippen LogP contribution in [0.15, 0.2) is 54.6 Å². The molecule has 2 aromatic carbocycles. The Labute approximate surface area is 168 Å². The van der Waals surface area contributed by atoms with Crippen molar-refractivity contribution >= 4 is 11.8 Å². The van der Waals surface area contributed by atoms with Crippen LogP contribution in [-0.2, 0) is 9.59 Å². The number of nitrogens with zero attached hydrogens (tertiary/aromatic N) is 1. The van der Waals surface area contributed by atoms with Gasteiger partial charge in [-0.3, -0.25) is 9.59 Å². The first-order valence-corrected chi connectivity index (χ1v) is 9.65. The molecule has 0 aliphatic carbocycles. The van der Waals surface area contributed by atoms with Gasteiger partial charge in [-0.15, -0.1) is 0 Å². The monoisotopic (exact) mass is 402 g/mol. The van der Waals surface area contributed by atoms with Crippen LogP contribution in [0, 0.1) is 0 Å². The molecular weight excluding hydrogens is 378 g/mol. The fraction of sp³-hybridized carbons (Fsp3) is 0.364. The highest BCUT2D eigenvalue weighted by molar-refractivity contribution is 5.89. The van der Waals surface area contributed by atoms with Gasteiger partial charge in [0, 0.05) is 13.0 Å². The van der Waals surface area contributed by atoms with Gasteiger partial charge in [0.25, 0.3) is 0 Å². The highest BCUT2D eigenvalue weighted by Crippen LogP contribution is 2.27. The fourth-order valence-corrected chi connectivity index (χ4v) is 3.54. The first-order chi connectivity index (χ1) is 14.0. The van der Waals surface area contributed by atoms with Gasteiger partial charge in [0.05, 0.1) is 6.04 Å². The minimum atomic E-state index is -2.91. The van der Waals surface area contributed by atoms with Crippen LogP contribution >= 0.6 is 0 Å². The first-order valence-electron chi connectivity index (χ1n) is 9.65. The maximum absolute atomic E-state index is 13.2. The van der Waals surface area contributed by atoms with E-state index >= 15 is 0 Å². The standard InChI is InChI=1S/C22H24F2N2O3/c1-15(17-10-7-11-18(14-17)29-22(23)24)25-21(28)20(16-8-3-2-4-9-16)26-13-6-5-12-19(26)27/h2-4,7-11,14-15,20,22H,5-6,12-13H2,1H3,(H,25,28). The topological polar surface area (TPSA) is 58.6 Å². The largest absolute Gasteiger partial charge is 0.435 e. The van der Waals surface area contributed by atoms with Crippen molar-refractivity contribution in [2.24, 2.45) is 0 Å². The molecule has 1 fully saturated rings. The highest BCUT2D eigenvalue weighted by Gasteiger charge is 2.33. The van der Waals surface area contributed by atoms with Crippen LogP contribution in [0.1, 0.15) is 49.4 Å². The molecule has 2 amide bonds. The van der Waals surface area contributed by atoms with Gasteiger partial charge in [-0.1, -0.05) is 42.5 Å². The van der Waals surface area contributed by atoms with Crippen molar-refractivity contribution in [3.63, 3.8) is 0 Å². The van der Waals surface area contributed by atoms with Crippen molar-refractivity contribution < 1.29 is 23.1 Å². The van der Waals surface area contributed by atoms with Gasteiger partial charge in [-0.25, -0.2) is 0 Å². The molecule has 1 heterocycles. The number of alkyl halides is 2. The number of carbonyl (C=O) groups excluding carboxylic acids is 2. The zero-order chi connectivity index (χ0) is 20.8. The third kappa shape index (κ3) is 5.31. The summed E-state index contributed by atoms with van der Waals surface area (Å²) in [5.41, 5.74) is 1.37. The SMILES string of the molecule is CC(NC(=O)C(c1ccccc1)N1CCCCC1=O)c1cccc(OC(F)F)c1. The maximum atomic E-state index is 13.2. The molecule has 5 nitrogen and oxygen atoms in total. The van der Waals surface area contributed by atoms with Crippen molar-refractivity contribution in [3.05, 3.63) is 65.7 Å². The first kappa shape index (κ1) is 20.8. The van der Waals surface area contributed by atoms with Crippen LogP contribution in [-0.4, -0.2) is 29.9 Å². The quantitative estimate of drug-likeness (QED) is 0.755. The minimum absolute atomic E-state index is 0.0319. The van der Waals surface area contributed by atoms with Crippen molar-refractivity contribution in [3.8, 4) is 5.75 Å². The molecule has 1 aliphatic heterocycles. The summed E-state index contributed by atoms with van der Waals surface area (Å²) in [6.45, 7) is -0.625. The van der Waals surface area contributed by atoms with E-state index in [9.17, 15) is 18.4 Å². The second-order valence-corrected chi connectivity index (χ2v) is 7.04. The molecule has 154 valence electrons. The Bertz CT molecular complexity index is 845. The number of nitrogens with one attached hydrogen (secondary N) is 1.